The summed E-state index contributed by atoms with van der Waals surface area (Å²) in [6.45, 7) is 1.47. The van der Waals surface area contributed by atoms with Crippen molar-refractivity contribution in [3.05, 3.63) is 68.8 Å². The van der Waals surface area contributed by atoms with Gasteiger partial charge in [0.15, 0.2) is 5.69 Å². The molecule has 0 saturated carbocycles. The van der Waals surface area contributed by atoms with Crippen LogP contribution >= 0.6 is 34.8 Å². The third-order valence-electron chi connectivity index (χ3n) is 4.02. The number of nitrogens with two attached hydrogens (primary N) is 1. The van der Waals surface area contributed by atoms with Crippen LogP contribution in [-0.2, 0) is 4.79 Å². The standard InChI is InChI=1S/C19H15Cl3N4O2/c1-10-17(19(28)24-9-16(23)27)25-26(15-7-6-13(21)8-14(15)22)18(10)11-2-4-12(20)5-3-11/h2-8H,9H2,1H3,(H2,23,27)(H,24,28). The summed E-state index contributed by atoms with van der Waals surface area (Å²) in [6, 6.07) is 12.1. The minimum absolute atomic E-state index is 0.150. The van der Waals surface area contributed by atoms with E-state index in [2.05, 4.69) is 10.4 Å². The first-order valence-corrected chi connectivity index (χ1v) is 9.29. The Bertz CT molecular complexity index is 1060. The van der Waals surface area contributed by atoms with E-state index in [-0.39, 0.29) is 12.2 Å². The van der Waals surface area contributed by atoms with Crippen LogP contribution in [0.25, 0.3) is 16.9 Å². The van der Waals surface area contributed by atoms with E-state index in [9.17, 15) is 9.59 Å². The average molecular weight is 438 g/mol. The van der Waals surface area contributed by atoms with E-state index in [0.717, 1.165) is 5.56 Å². The molecule has 0 fully saturated rings. The first-order chi connectivity index (χ1) is 13.3. The van der Waals surface area contributed by atoms with Crippen LogP contribution in [0.1, 0.15) is 16.1 Å². The molecule has 9 heteroatoms. The second-order valence-electron chi connectivity index (χ2n) is 5.99. The van der Waals surface area contributed by atoms with E-state index in [0.29, 0.717) is 32.0 Å². The molecule has 0 unspecified atom stereocenters. The van der Waals surface area contributed by atoms with E-state index in [1.807, 2.05) is 12.1 Å². The molecule has 144 valence electrons. The maximum Gasteiger partial charge on any atom is 0.272 e. The summed E-state index contributed by atoms with van der Waals surface area (Å²) in [5, 5.41) is 8.32. The first kappa shape index (κ1) is 20.2. The van der Waals surface area contributed by atoms with Gasteiger partial charge in [-0.15, -0.1) is 0 Å². The highest BCUT2D eigenvalue weighted by Crippen LogP contribution is 2.33. The fraction of sp³-hybridized carbons (Fsp3) is 0.105. The zero-order valence-corrected chi connectivity index (χ0v) is 16.9. The monoisotopic (exact) mass is 436 g/mol. The highest BCUT2D eigenvalue weighted by Gasteiger charge is 2.23. The van der Waals surface area contributed by atoms with Gasteiger partial charge in [0.25, 0.3) is 5.91 Å². The molecule has 0 aliphatic carbocycles. The summed E-state index contributed by atoms with van der Waals surface area (Å²) in [4.78, 5) is 23.5. The van der Waals surface area contributed by atoms with Gasteiger partial charge in [-0.05, 0) is 37.3 Å². The predicted molar refractivity (Wildman–Crippen MR) is 110 cm³/mol. The molecule has 0 aliphatic heterocycles. The second kappa shape index (κ2) is 8.22. The van der Waals surface area contributed by atoms with Crippen molar-refractivity contribution in [2.24, 2.45) is 5.73 Å². The number of hydrogen-bond donors (Lipinski definition) is 2. The number of nitrogens with zero attached hydrogens (tertiary/aromatic N) is 2. The summed E-state index contributed by atoms with van der Waals surface area (Å²) < 4.78 is 1.57. The predicted octanol–water partition coefficient (Wildman–Crippen LogP) is 4.02. The molecule has 0 radical (unpaired) electrons. The van der Waals surface area contributed by atoms with Crippen molar-refractivity contribution in [2.45, 2.75) is 6.92 Å². The summed E-state index contributed by atoms with van der Waals surface area (Å²) in [7, 11) is 0. The Labute approximate surface area is 176 Å². The molecule has 3 rings (SSSR count). The lowest BCUT2D eigenvalue weighted by Crippen LogP contribution is -2.33. The van der Waals surface area contributed by atoms with Crippen molar-refractivity contribution in [1.82, 2.24) is 15.1 Å². The summed E-state index contributed by atoms with van der Waals surface area (Å²) in [6.07, 6.45) is 0. The van der Waals surface area contributed by atoms with Crippen LogP contribution in [0.15, 0.2) is 42.5 Å². The minimum atomic E-state index is -0.649. The van der Waals surface area contributed by atoms with Crippen molar-refractivity contribution in [3.63, 3.8) is 0 Å². The van der Waals surface area contributed by atoms with Crippen LogP contribution in [-0.4, -0.2) is 28.1 Å². The number of amides is 2. The van der Waals surface area contributed by atoms with Gasteiger partial charge >= 0.3 is 0 Å². The van der Waals surface area contributed by atoms with Crippen molar-refractivity contribution < 1.29 is 9.59 Å². The Kier molecular flexibility index (Phi) is 5.93. The van der Waals surface area contributed by atoms with Crippen LogP contribution < -0.4 is 11.1 Å². The Morgan fingerprint density at radius 2 is 1.71 bits per heavy atom. The van der Waals surface area contributed by atoms with E-state index in [4.69, 9.17) is 40.5 Å². The highest BCUT2D eigenvalue weighted by molar-refractivity contribution is 6.35. The van der Waals surface area contributed by atoms with Gasteiger partial charge < -0.3 is 11.1 Å². The fourth-order valence-corrected chi connectivity index (χ4v) is 3.35. The van der Waals surface area contributed by atoms with Gasteiger partial charge in [0.05, 0.1) is 22.9 Å². The number of nitrogens with one attached hydrogen (secondary N) is 1. The van der Waals surface area contributed by atoms with Crippen molar-refractivity contribution >= 4 is 46.6 Å². The molecule has 1 heterocycles. The summed E-state index contributed by atoms with van der Waals surface area (Å²) in [5.74, 6) is -1.17. The molecule has 2 amide bonds. The number of halogens is 3. The van der Waals surface area contributed by atoms with Gasteiger partial charge in [0.1, 0.15) is 0 Å². The Balaban J connectivity index is 2.18. The lowest BCUT2D eigenvalue weighted by molar-refractivity contribution is -0.117. The molecule has 1 aromatic heterocycles. The molecule has 6 nitrogen and oxygen atoms in total. The van der Waals surface area contributed by atoms with E-state index < -0.39 is 11.8 Å². The molecule has 28 heavy (non-hydrogen) atoms. The fourth-order valence-electron chi connectivity index (χ4n) is 2.74. The van der Waals surface area contributed by atoms with Crippen LogP contribution in [0.4, 0.5) is 0 Å². The molecule has 3 N–H and O–H groups in total. The van der Waals surface area contributed by atoms with E-state index >= 15 is 0 Å². The molecule has 2 aromatic carbocycles. The zero-order chi connectivity index (χ0) is 20.4. The van der Waals surface area contributed by atoms with Gasteiger partial charge in [-0.2, -0.15) is 5.10 Å². The van der Waals surface area contributed by atoms with E-state index in [1.54, 1.807) is 41.9 Å². The molecular formula is C19H15Cl3N4O2. The van der Waals surface area contributed by atoms with Crippen molar-refractivity contribution in [2.75, 3.05) is 6.54 Å². The maximum atomic E-state index is 12.5. The van der Waals surface area contributed by atoms with Crippen LogP contribution in [0.3, 0.4) is 0 Å². The lowest BCUT2D eigenvalue weighted by Gasteiger charge is -2.11. The molecule has 0 aliphatic rings. The molecule has 0 atom stereocenters. The van der Waals surface area contributed by atoms with Crippen molar-refractivity contribution in [3.8, 4) is 16.9 Å². The Morgan fingerprint density at radius 1 is 1.07 bits per heavy atom. The smallest absolute Gasteiger partial charge is 0.272 e. The number of carbonyl (C=O) groups is 2. The number of carbonyl (C=O) groups excluding carboxylic acids is 2. The Hall–Kier alpha value is -2.54. The largest absolute Gasteiger partial charge is 0.368 e. The number of primary amides is 1. The normalized spacial score (nSPS) is 10.7. The van der Waals surface area contributed by atoms with Crippen LogP contribution in [0, 0.1) is 6.92 Å². The average Bonchev–Trinajstić information content (AvgIpc) is 2.97. The summed E-state index contributed by atoms with van der Waals surface area (Å²) in [5.41, 5.74) is 7.85. The van der Waals surface area contributed by atoms with Gasteiger partial charge in [0, 0.05) is 21.2 Å². The first-order valence-electron chi connectivity index (χ1n) is 8.15. The molecule has 0 spiro atoms. The topological polar surface area (TPSA) is 90.0 Å². The Morgan fingerprint density at radius 3 is 2.32 bits per heavy atom. The third-order valence-corrected chi connectivity index (χ3v) is 4.81. The highest BCUT2D eigenvalue weighted by atomic mass is 35.5. The zero-order valence-electron chi connectivity index (χ0n) is 14.7. The number of aromatic nitrogens is 2. The van der Waals surface area contributed by atoms with E-state index in [1.165, 1.54) is 0 Å². The number of hydrogen-bond acceptors (Lipinski definition) is 3. The van der Waals surface area contributed by atoms with Crippen LogP contribution in [0.5, 0.6) is 0 Å². The molecule has 0 bridgehead atoms. The quantitative estimate of drug-likeness (QED) is 0.631. The van der Waals surface area contributed by atoms with Gasteiger partial charge in [-0.25, -0.2) is 4.68 Å². The van der Waals surface area contributed by atoms with Gasteiger partial charge in [-0.1, -0.05) is 46.9 Å². The maximum absolute atomic E-state index is 12.5. The third kappa shape index (κ3) is 4.14. The van der Waals surface area contributed by atoms with Crippen LogP contribution in [0.2, 0.25) is 15.1 Å². The van der Waals surface area contributed by atoms with Gasteiger partial charge in [0.2, 0.25) is 5.91 Å². The lowest BCUT2D eigenvalue weighted by atomic mass is 10.1. The van der Waals surface area contributed by atoms with Gasteiger partial charge in [-0.3, -0.25) is 9.59 Å². The molecule has 3 aromatic rings. The SMILES string of the molecule is Cc1c(C(=O)NCC(N)=O)nn(-c2ccc(Cl)cc2Cl)c1-c1ccc(Cl)cc1. The number of benzene rings is 2. The summed E-state index contributed by atoms with van der Waals surface area (Å²) >= 11 is 18.4. The molecular weight excluding hydrogens is 423 g/mol. The minimum Gasteiger partial charge on any atom is -0.368 e. The van der Waals surface area contributed by atoms with Crippen molar-refractivity contribution in [1.29, 1.82) is 0 Å². The molecule has 0 saturated heterocycles. The second-order valence-corrected chi connectivity index (χ2v) is 7.27. The number of rotatable bonds is 5.